The average molecular weight is 438 g/mol. The van der Waals surface area contributed by atoms with Crippen LogP contribution in [0.2, 0.25) is 0 Å². The van der Waals surface area contributed by atoms with E-state index >= 15 is 0 Å². The fraction of sp³-hybridized carbons (Fsp3) is 0.364. The van der Waals surface area contributed by atoms with Gasteiger partial charge in [-0.05, 0) is 35.7 Å². The molecule has 0 heterocycles. The first-order valence-corrected chi connectivity index (χ1v) is 9.72. The van der Waals surface area contributed by atoms with Crippen LogP contribution >= 0.6 is 0 Å². The minimum Gasteiger partial charge on any atom is -0.447 e. The highest BCUT2D eigenvalue weighted by atomic mass is 19.4. The lowest BCUT2D eigenvalue weighted by atomic mass is 10.0. The molecule has 0 aliphatic carbocycles. The molecule has 0 spiro atoms. The molecule has 31 heavy (non-hydrogen) atoms. The molecular formula is C22H25F3N2O4. The van der Waals surface area contributed by atoms with Gasteiger partial charge in [-0.15, -0.1) is 0 Å². The van der Waals surface area contributed by atoms with Crippen LogP contribution in [0.3, 0.4) is 0 Å². The summed E-state index contributed by atoms with van der Waals surface area (Å²) >= 11 is 0. The Kier molecular flexibility index (Phi) is 8.44. The molecule has 2 N–H and O–H groups in total. The molecule has 0 saturated carbocycles. The third-order valence-corrected chi connectivity index (χ3v) is 4.67. The van der Waals surface area contributed by atoms with Gasteiger partial charge >= 0.3 is 12.3 Å². The Morgan fingerprint density at radius 3 is 2.39 bits per heavy atom. The van der Waals surface area contributed by atoms with E-state index in [1.807, 2.05) is 19.1 Å². The highest BCUT2D eigenvalue weighted by Crippen LogP contribution is 2.32. The van der Waals surface area contributed by atoms with Crippen LogP contribution in [-0.2, 0) is 28.5 Å². The maximum absolute atomic E-state index is 13.1. The number of aliphatic hydroxyl groups is 1. The van der Waals surface area contributed by atoms with E-state index in [1.165, 1.54) is 25.2 Å². The summed E-state index contributed by atoms with van der Waals surface area (Å²) in [5, 5.41) is 12.7. The zero-order valence-corrected chi connectivity index (χ0v) is 17.3. The predicted molar refractivity (Wildman–Crippen MR) is 110 cm³/mol. The molecule has 0 radical (unpaired) electrons. The number of alkyl halides is 3. The van der Waals surface area contributed by atoms with E-state index in [-0.39, 0.29) is 18.7 Å². The summed E-state index contributed by atoms with van der Waals surface area (Å²) in [5.41, 5.74) is 0.617. The van der Waals surface area contributed by atoms with Crippen LogP contribution in [-0.4, -0.2) is 48.3 Å². The molecule has 0 saturated heterocycles. The maximum atomic E-state index is 13.1. The van der Waals surface area contributed by atoms with Gasteiger partial charge in [0.05, 0.1) is 12.1 Å². The number of aryl methyl sites for hydroxylation is 1. The summed E-state index contributed by atoms with van der Waals surface area (Å²) in [7, 11) is 1.37. The first-order valence-electron chi connectivity index (χ1n) is 9.72. The summed E-state index contributed by atoms with van der Waals surface area (Å²) in [4.78, 5) is 25.2. The van der Waals surface area contributed by atoms with Crippen LogP contribution in [0.4, 0.5) is 23.7 Å². The van der Waals surface area contributed by atoms with E-state index in [0.29, 0.717) is 5.69 Å². The molecule has 0 fully saturated rings. The van der Waals surface area contributed by atoms with E-state index in [0.717, 1.165) is 23.0 Å². The molecule has 0 aliphatic heterocycles. The van der Waals surface area contributed by atoms with E-state index < -0.39 is 36.3 Å². The van der Waals surface area contributed by atoms with Crippen molar-refractivity contribution in [2.45, 2.75) is 32.0 Å². The molecule has 6 nitrogen and oxygen atoms in total. The zero-order valence-electron chi connectivity index (χ0n) is 17.3. The predicted octanol–water partition coefficient (Wildman–Crippen LogP) is 3.88. The van der Waals surface area contributed by atoms with Gasteiger partial charge in [0.2, 0.25) is 0 Å². The number of anilines is 1. The maximum Gasteiger partial charge on any atom is 0.416 e. The number of carbonyl (C=O) groups excluding carboxylic acids is 2. The number of hydrogen-bond donors (Lipinski definition) is 2. The molecule has 1 unspecified atom stereocenters. The second-order valence-corrected chi connectivity index (χ2v) is 6.95. The summed E-state index contributed by atoms with van der Waals surface area (Å²) in [6.45, 7) is 1.84. The number of nitrogens with one attached hydrogen (secondary N) is 1. The normalized spacial score (nSPS) is 12.2. The smallest absolute Gasteiger partial charge is 0.416 e. The van der Waals surface area contributed by atoms with Crippen molar-refractivity contribution in [1.29, 1.82) is 0 Å². The number of amides is 2. The largest absolute Gasteiger partial charge is 0.447 e. The summed E-state index contributed by atoms with van der Waals surface area (Å²) in [6.07, 6.45) is -6.54. The van der Waals surface area contributed by atoms with Crippen LogP contribution in [0, 0.1) is 0 Å². The van der Waals surface area contributed by atoms with Crippen LogP contribution < -0.4 is 5.32 Å². The number of hydrogen-bond acceptors (Lipinski definition) is 4. The van der Waals surface area contributed by atoms with Gasteiger partial charge in [-0.25, -0.2) is 4.79 Å². The fourth-order valence-corrected chi connectivity index (χ4v) is 2.89. The van der Waals surface area contributed by atoms with Gasteiger partial charge in [-0.3, -0.25) is 10.1 Å². The van der Waals surface area contributed by atoms with Crippen LogP contribution in [0.25, 0.3) is 0 Å². The number of nitrogens with zero attached hydrogens (tertiary/aromatic N) is 1. The third-order valence-electron chi connectivity index (χ3n) is 4.67. The van der Waals surface area contributed by atoms with E-state index in [4.69, 9.17) is 4.74 Å². The first kappa shape index (κ1) is 24.2. The molecule has 1 atom stereocenters. The van der Waals surface area contributed by atoms with Crippen molar-refractivity contribution in [2.24, 2.45) is 0 Å². The Labute approximate surface area is 178 Å². The first-order chi connectivity index (χ1) is 14.6. The van der Waals surface area contributed by atoms with Crippen LogP contribution in [0.15, 0.2) is 48.5 Å². The molecule has 0 aromatic heterocycles. The van der Waals surface area contributed by atoms with Crippen molar-refractivity contribution in [1.82, 2.24) is 4.90 Å². The second kappa shape index (κ2) is 10.8. The highest BCUT2D eigenvalue weighted by Gasteiger charge is 2.34. The summed E-state index contributed by atoms with van der Waals surface area (Å²) < 4.78 is 44.2. The molecule has 2 amide bonds. The Balaban J connectivity index is 1.82. The Hall–Kier alpha value is -3.07. The van der Waals surface area contributed by atoms with Crippen molar-refractivity contribution < 1.29 is 32.6 Å². The van der Waals surface area contributed by atoms with E-state index in [1.54, 1.807) is 12.1 Å². The molecule has 2 aromatic carbocycles. The lowest BCUT2D eigenvalue weighted by Crippen LogP contribution is -2.39. The Bertz CT molecular complexity index is 885. The minimum atomic E-state index is -4.58. The van der Waals surface area contributed by atoms with Gasteiger partial charge in [0.25, 0.3) is 5.91 Å². The van der Waals surface area contributed by atoms with Crippen molar-refractivity contribution >= 4 is 17.7 Å². The quantitative estimate of drug-likeness (QED) is 0.656. The van der Waals surface area contributed by atoms with Crippen LogP contribution in [0.5, 0.6) is 0 Å². The molecule has 168 valence electrons. The molecule has 0 bridgehead atoms. The topological polar surface area (TPSA) is 78.9 Å². The number of halogens is 3. The Morgan fingerprint density at radius 2 is 1.77 bits per heavy atom. The monoisotopic (exact) mass is 438 g/mol. The number of ether oxygens (including phenoxy) is 1. The highest BCUT2D eigenvalue weighted by molar-refractivity contribution is 5.84. The van der Waals surface area contributed by atoms with Gasteiger partial charge in [-0.2, -0.15) is 13.2 Å². The molecular weight excluding hydrogens is 413 g/mol. The van der Waals surface area contributed by atoms with Gasteiger partial charge in [0.15, 0.2) is 0 Å². The van der Waals surface area contributed by atoms with Gasteiger partial charge in [-0.1, -0.05) is 37.3 Å². The fourth-order valence-electron chi connectivity index (χ4n) is 2.89. The minimum absolute atomic E-state index is 0.0288. The SMILES string of the molecule is CCc1ccc(NC(=O)OCCN(C)C(=O)C(O)Cc2ccccc2C(F)(F)F)cc1. The summed E-state index contributed by atoms with van der Waals surface area (Å²) in [5.74, 6) is -0.767. The molecule has 0 aliphatic rings. The molecule has 2 aromatic rings. The number of likely N-dealkylation sites (N-methyl/N-ethyl adjacent to an activating group) is 1. The lowest BCUT2D eigenvalue weighted by molar-refractivity contribution is -0.141. The van der Waals surface area contributed by atoms with Gasteiger partial charge in [0.1, 0.15) is 12.7 Å². The van der Waals surface area contributed by atoms with Gasteiger partial charge < -0.3 is 14.7 Å². The number of benzene rings is 2. The van der Waals surface area contributed by atoms with Crippen molar-refractivity contribution in [2.75, 3.05) is 25.5 Å². The second-order valence-electron chi connectivity index (χ2n) is 6.95. The van der Waals surface area contributed by atoms with Gasteiger partial charge in [0, 0.05) is 19.2 Å². The average Bonchev–Trinajstić information content (AvgIpc) is 2.73. The Morgan fingerprint density at radius 1 is 1.13 bits per heavy atom. The number of carbonyl (C=O) groups is 2. The van der Waals surface area contributed by atoms with Crippen molar-refractivity contribution in [3.8, 4) is 0 Å². The van der Waals surface area contributed by atoms with Crippen molar-refractivity contribution in [3.63, 3.8) is 0 Å². The molecule has 2 rings (SSSR count). The summed E-state index contributed by atoms with van der Waals surface area (Å²) in [6, 6.07) is 12.0. The van der Waals surface area contributed by atoms with E-state index in [9.17, 15) is 27.9 Å². The lowest BCUT2D eigenvalue weighted by Gasteiger charge is -2.21. The molecule has 9 heteroatoms. The van der Waals surface area contributed by atoms with E-state index in [2.05, 4.69) is 5.32 Å². The third kappa shape index (κ3) is 7.29. The zero-order chi connectivity index (χ0) is 23.0. The van der Waals surface area contributed by atoms with Crippen LogP contribution in [0.1, 0.15) is 23.6 Å². The number of aliphatic hydroxyl groups excluding tert-OH is 1. The van der Waals surface area contributed by atoms with Crippen molar-refractivity contribution in [3.05, 3.63) is 65.2 Å². The number of rotatable bonds is 8. The standard InChI is InChI=1S/C22H25F3N2O4/c1-3-15-8-10-17(11-9-15)26-21(30)31-13-12-27(2)20(29)19(28)14-16-6-4-5-7-18(16)22(23,24)25/h4-11,19,28H,3,12-14H2,1-2H3,(H,26,30).